The van der Waals surface area contributed by atoms with Crippen LogP contribution in [0.3, 0.4) is 0 Å². The number of aryl methyl sites for hydroxylation is 1. The van der Waals surface area contributed by atoms with Crippen molar-refractivity contribution in [2.45, 2.75) is 71.9 Å². The molecule has 1 saturated carbocycles. The lowest BCUT2D eigenvalue weighted by atomic mass is 9.67. The van der Waals surface area contributed by atoms with Crippen molar-refractivity contribution in [3.8, 4) is 0 Å². The maximum absolute atomic E-state index is 4.92. The van der Waals surface area contributed by atoms with E-state index in [0.29, 0.717) is 5.41 Å². The summed E-state index contributed by atoms with van der Waals surface area (Å²) >= 11 is 0. The van der Waals surface area contributed by atoms with Crippen LogP contribution < -0.4 is 5.32 Å². The predicted octanol–water partition coefficient (Wildman–Crippen LogP) is 3.06. The molecule has 0 amide bonds. The van der Waals surface area contributed by atoms with Gasteiger partial charge in [0.2, 0.25) is 0 Å². The molecule has 3 heteroatoms. The van der Waals surface area contributed by atoms with Gasteiger partial charge < -0.3 is 9.88 Å². The van der Waals surface area contributed by atoms with Gasteiger partial charge in [-0.1, -0.05) is 20.3 Å². The zero-order valence-corrected chi connectivity index (χ0v) is 12.5. The molecule has 0 aromatic carbocycles. The number of nitrogens with zero attached hydrogens (tertiary/aromatic N) is 2. The molecular weight excluding hydrogens is 234 g/mol. The molecule has 0 atom stereocenters. The molecule has 3 rings (SSSR count). The van der Waals surface area contributed by atoms with E-state index < -0.39 is 0 Å². The van der Waals surface area contributed by atoms with Crippen molar-refractivity contribution in [1.82, 2.24) is 14.9 Å². The van der Waals surface area contributed by atoms with Crippen molar-refractivity contribution in [1.29, 1.82) is 0 Å². The molecule has 19 heavy (non-hydrogen) atoms. The highest BCUT2D eigenvalue weighted by molar-refractivity contribution is 5.21. The highest BCUT2D eigenvalue weighted by Crippen LogP contribution is 2.45. The largest absolute Gasteiger partial charge is 0.331 e. The van der Waals surface area contributed by atoms with E-state index in [1.54, 1.807) is 0 Å². The number of fused-ring (bicyclic) bond motifs is 1. The molecule has 1 aromatic heterocycles. The normalized spacial score (nSPS) is 20.9. The van der Waals surface area contributed by atoms with Gasteiger partial charge in [0.15, 0.2) is 0 Å². The summed E-state index contributed by atoms with van der Waals surface area (Å²) in [7, 11) is 0. The summed E-state index contributed by atoms with van der Waals surface area (Å²) in [5.74, 6) is 1.34. The van der Waals surface area contributed by atoms with Crippen molar-refractivity contribution >= 4 is 0 Å². The first kappa shape index (κ1) is 13.2. The Morgan fingerprint density at radius 2 is 2.16 bits per heavy atom. The summed E-state index contributed by atoms with van der Waals surface area (Å²) in [6.45, 7) is 7.93. The Hall–Kier alpha value is -0.830. The van der Waals surface area contributed by atoms with E-state index in [2.05, 4.69) is 23.7 Å². The van der Waals surface area contributed by atoms with Gasteiger partial charge in [-0.3, -0.25) is 0 Å². The number of nitrogens with one attached hydrogen (secondary N) is 1. The minimum Gasteiger partial charge on any atom is -0.331 e. The number of hydrogen-bond donors (Lipinski definition) is 1. The van der Waals surface area contributed by atoms with E-state index in [0.717, 1.165) is 25.9 Å². The van der Waals surface area contributed by atoms with Gasteiger partial charge in [-0.2, -0.15) is 0 Å². The molecule has 106 valence electrons. The van der Waals surface area contributed by atoms with Crippen LogP contribution in [-0.4, -0.2) is 16.1 Å². The molecule has 1 aliphatic heterocycles. The van der Waals surface area contributed by atoms with Gasteiger partial charge in [-0.25, -0.2) is 4.98 Å². The smallest absolute Gasteiger partial charge is 0.109 e. The van der Waals surface area contributed by atoms with Crippen LogP contribution in [0.15, 0.2) is 0 Å². The SMILES string of the molecule is CCCc1nc2c(n1CC1(CC)CCC1)CCNC2. The summed E-state index contributed by atoms with van der Waals surface area (Å²) in [5, 5.41) is 3.45. The third-order valence-corrected chi connectivity index (χ3v) is 5.20. The van der Waals surface area contributed by atoms with Crippen molar-refractivity contribution in [2.24, 2.45) is 5.41 Å². The molecule has 2 heterocycles. The van der Waals surface area contributed by atoms with Gasteiger partial charge in [0, 0.05) is 38.2 Å². The average molecular weight is 261 g/mol. The number of rotatable bonds is 5. The Labute approximate surface area is 116 Å². The molecule has 0 unspecified atom stereocenters. The molecule has 2 aliphatic rings. The lowest BCUT2D eigenvalue weighted by Crippen LogP contribution is -2.35. The molecule has 1 fully saturated rings. The average Bonchev–Trinajstić information content (AvgIpc) is 2.72. The number of hydrogen-bond acceptors (Lipinski definition) is 2. The van der Waals surface area contributed by atoms with Crippen molar-refractivity contribution in [3.05, 3.63) is 17.2 Å². The van der Waals surface area contributed by atoms with E-state index in [4.69, 9.17) is 4.98 Å². The summed E-state index contributed by atoms with van der Waals surface area (Å²) in [6.07, 6.45) is 9.07. The van der Waals surface area contributed by atoms with Crippen LogP contribution in [0.2, 0.25) is 0 Å². The second-order valence-corrected chi connectivity index (χ2v) is 6.39. The first-order valence-corrected chi connectivity index (χ1v) is 8.06. The first-order valence-electron chi connectivity index (χ1n) is 8.06. The van der Waals surface area contributed by atoms with Crippen molar-refractivity contribution in [3.63, 3.8) is 0 Å². The van der Waals surface area contributed by atoms with Gasteiger partial charge in [0.1, 0.15) is 5.82 Å². The topological polar surface area (TPSA) is 29.9 Å². The number of imidazole rings is 1. The molecule has 0 spiro atoms. The van der Waals surface area contributed by atoms with Crippen molar-refractivity contribution < 1.29 is 0 Å². The van der Waals surface area contributed by atoms with Gasteiger partial charge in [-0.15, -0.1) is 0 Å². The molecule has 1 aliphatic carbocycles. The van der Waals surface area contributed by atoms with Crippen molar-refractivity contribution in [2.75, 3.05) is 6.54 Å². The zero-order chi connectivity index (χ0) is 13.3. The third kappa shape index (κ3) is 2.33. The third-order valence-electron chi connectivity index (χ3n) is 5.20. The van der Waals surface area contributed by atoms with E-state index in [-0.39, 0.29) is 0 Å². The summed E-state index contributed by atoms with van der Waals surface area (Å²) in [5.41, 5.74) is 3.43. The standard InChI is InChI=1S/C16H27N3/c1-3-6-15-18-13-11-17-10-7-14(13)19(15)12-16(4-2)8-5-9-16/h17H,3-12H2,1-2H3. The Morgan fingerprint density at radius 1 is 1.32 bits per heavy atom. The van der Waals surface area contributed by atoms with E-state index in [1.165, 1.54) is 55.9 Å². The summed E-state index contributed by atoms with van der Waals surface area (Å²) < 4.78 is 2.60. The van der Waals surface area contributed by atoms with Gasteiger partial charge in [-0.05, 0) is 31.1 Å². The fourth-order valence-electron chi connectivity index (χ4n) is 3.66. The lowest BCUT2D eigenvalue weighted by molar-refractivity contribution is 0.0977. The van der Waals surface area contributed by atoms with Crippen LogP contribution in [0.25, 0.3) is 0 Å². The van der Waals surface area contributed by atoms with Crippen LogP contribution in [-0.2, 0) is 25.9 Å². The Morgan fingerprint density at radius 3 is 2.79 bits per heavy atom. The van der Waals surface area contributed by atoms with Crippen LogP contribution in [0.5, 0.6) is 0 Å². The molecule has 1 aromatic rings. The first-order chi connectivity index (χ1) is 9.28. The lowest BCUT2D eigenvalue weighted by Gasteiger charge is -2.42. The summed E-state index contributed by atoms with van der Waals surface area (Å²) in [4.78, 5) is 4.92. The maximum atomic E-state index is 4.92. The molecular formula is C16H27N3. The van der Waals surface area contributed by atoms with Crippen LogP contribution in [0.4, 0.5) is 0 Å². The number of aromatic nitrogens is 2. The van der Waals surface area contributed by atoms with Gasteiger partial charge in [0.05, 0.1) is 5.69 Å². The second-order valence-electron chi connectivity index (χ2n) is 6.39. The van der Waals surface area contributed by atoms with E-state index in [1.807, 2.05) is 0 Å². The van der Waals surface area contributed by atoms with Crippen LogP contribution in [0.1, 0.15) is 63.2 Å². The molecule has 1 N–H and O–H groups in total. The van der Waals surface area contributed by atoms with Gasteiger partial charge >= 0.3 is 0 Å². The highest BCUT2D eigenvalue weighted by Gasteiger charge is 2.36. The van der Waals surface area contributed by atoms with Crippen LogP contribution >= 0.6 is 0 Å². The van der Waals surface area contributed by atoms with E-state index >= 15 is 0 Å². The van der Waals surface area contributed by atoms with E-state index in [9.17, 15) is 0 Å². The molecule has 0 radical (unpaired) electrons. The zero-order valence-electron chi connectivity index (χ0n) is 12.5. The monoisotopic (exact) mass is 261 g/mol. The minimum absolute atomic E-state index is 0.585. The predicted molar refractivity (Wildman–Crippen MR) is 78.2 cm³/mol. The Kier molecular flexibility index (Phi) is 3.66. The second kappa shape index (κ2) is 5.28. The molecule has 3 nitrogen and oxygen atoms in total. The fraction of sp³-hybridized carbons (Fsp3) is 0.812. The Balaban J connectivity index is 1.91. The fourth-order valence-corrected chi connectivity index (χ4v) is 3.66. The quantitative estimate of drug-likeness (QED) is 0.883. The summed E-state index contributed by atoms with van der Waals surface area (Å²) in [6, 6.07) is 0. The molecule has 0 bridgehead atoms. The maximum Gasteiger partial charge on any atom is 0.109 e. The molecule has 0 saturated heterocycles. The Bertz CT molecular complexity index is 438. The van der Waals surface area contributed by atoms with Crippen LogP contribution in [0, 0.1) is 5.41 Å². The van der Waals surface area contributed by atoms with Gasteiger partial charge in [0.25, 0.3) is 0 Å². The minimum atomic E-state index is 0.585. The highest BCUT2D eigenvalue weighted by atomic mass is 15.1.